The van der Waals surface area contributed by atoms with Gasteiger partial charge in [0.05, 0.1) is 16.2 Å². The van der Waals surface area contributed by atoms with Crippen molar-refractivity contribution in [2.24, 2.45) is 0 Å². The summed E-state index contributed by atoms with van der Waals surface area (Å²) in [5, 5.41) is 15.5. The van der Waals surface area contributed by atoms with Gasteiger partial charge in [-0.05, 0) is 18.6 Å². The van der Waals surface area contributed by atoms with Gasteiger partial charge in [0.2, 0.25) is 0 Å². The molecule has 0 radical (unpaired) electrons. The van der Waals surface area contributed by atoms with E-state index < -0.39 is 22.9 Å². The van der Waals surface area contributed by atoms with E-state index in [1.165, 1.54) is 35.9 Å². The molecule has 10 heteroatoms. The fraction of sp³-hybridized carbons (Fsp3) is 0.158. The SMILES string of the molecule is CCC(OC(=O)c1cccnc1)C(=O)Nc1nc(-c2cccc([N+](=O)[O-])c2)cs1. The number of carbonyl (C=O) groups excluding carboxylic acids is 2. The van der Waals surface area contributed by atoms with E-state index in [0.29, 0.717) is 16.4 Å². The molecule has 3 rings (SSSR count). The first-order chi connectivity index (χ1) is 14.0. The minimum Gasteiger partial charge on any atom is -0.449 e. The lowest BCUT2D eigenvalue weighted by Gasteiger charge is -2.14. The number of thiazole rings is 1. The molecule has 1 atom stereocenters. The number of ether oxygens (including phenoxy) is 1. The van der Waals surface area contributed by atoms with Gasteiger partial charge in [-0.3, -0.25) is 25.2 Å². The van der Waals surface area contributed by atoms with Crippen molar-refractivity contribution in [2.75, 3.05) is 5.32 Å². The number of pyridine rings is 1. The molecule has 1 N–H and O–H groups in total. The maximum absolute atomic E-state index is 12.5. The number of nitrogens with zero attached hydrogens (tertiary/aromatic N) is 3. The number of hydrogen-bond acceptors (Lipinski definition) is 8. The van der Waals surface area contributed by atoms with Gasteiger partial charge in [0.1, 0.15) is 0 Å². The average Bonchev–Trinajstić information content (AvgIpc) is 3.21. The van der Waals surface area contributed by atoms with Crippen molar-refractivity contribution >= 4 is 34.0 Å². The number of rotatable bonds is 7. The topological polar surface area (TPSA) is 124 Å². The van der Waals surface area contributed by atoms with Crippen LogP contribution in [0.3, 0.4) is 0 Å². The van der Waals surface area contributed by atoms with Crippen LogP contribution in [-0.2, 0) is 9.53 Å². The summed E-state index contributed by atoms with van der Waals surface area (Å²) in [6.07, 6.45) is 2.18. The zero-order valence-electron chi connectivity index (χ0n) is 15.3. The average molecular weight is 412 g/mol. The molecule has 1 aromatic carbocycles. The highest BCUT2D eigenvalue weighted by Crippen LogP contribution is 2.27. The molecule has 0 saturated carbocycles. The number of nitro benzene ring substituents is 1. The van der Waals surface area contributed by atoms with Gasteiger partial charge in [0.15, 0.2) is 11.2 Å². The molecular formula is C19H16N4O5S. The molecule has 0 saturated heterocycles. The van der Waals surface area contributed by atoms with Crippen LogP contribution in [0.4, 0.5) is 10.8 Å². The number of nitrogens with one attached hydrogen (secondary N) is 1. The largest absolute Gasteiger partial charge is 0.449 e. The normalized spacial score (nSPS) is 11.5. The summed E-state index contributed by atoms with van der Waals surface area (Å²) >= 11 is 1.17. The lowest BCUT2D eigenvalue weighted by Crippen LogP contribution is -2.32. The van der Waals surface area contributed by atoms with E-state index in [-0.39, 0.29) is 17.7 Å². The molecule has 0 spiro atoms. The van der Waals surface area contributed by atoms with Gasteiger partial charge in [-0.25, -0.2) is 9.78 Å². The van der Waals surface area contributed by atoms with Gasteiger partial charge < -0.3 is 4.74 Å². The summed E-state index contributed by atoms with van der Waals surface area (Å²) in [6.45, 7) is 1.72. The second-order valence-electron chi connectivity index (χ2n) is 5.88. The molecule has 0 aliphatic carbocycles. The fourth-order valence-corrected chi connectivity index (χ4v) is 3.15. The van der Waals surface area contributed by atoms with E-state index in [4.69, 9.17) is 4.74 Å². The summed E-state index contributed by atoms with van der Waals surface area (Å²) in [6, 6.07) is 9.20. The van der Waals surface area contributed by atoms with E-state index in [9.17, 15) is 19.7 Å². The fourth-order valence-electron chi connectivity index (χ4n) is 2.43. The predicted molar refractivity (Wildman–Crippen MR) is 107 cm³/mol. The number of carbonyl (C=O) groups is 2. The molecule has 2 heterocycles. The monoisotopic (exact) mass is 412 g/mol. The Morgan fingerprint density at radius 2 is 2.14 bits per heavy atom. The number of amides is 1. The van der Waals surface area contributed by atoms with Crippen molar-refractivity contribution in [3.05, 3.63) is 69.8 Å². The Labute approximate surface area is 169 Å². The molecule has 29 heavy (non-hydrogen) atoms. The first-order valence-electron chi connectivity index (χ1n) is 8.60. The van der Waals surface area contributed by atoms with Gasteiger partial charge in [-0.15, -0.1) is 11.3 Å². The van der Waals surface area contributed by atoms with Crippen molar-refractivity contribution in [1.82, 2.24) is 9.97 Å². The molecule has 0 aliphatic rings. The number of esters is 1. The van der Waals surface area contributed by atoms with Crippen molar-refractivity contribution in [3.8, 4) is 11.3 Å². The highest BCUT2D eigenvalue weighted by molar-refractivity contribution is 7.14. The highest BCUT2D eigenvalue weighted by Gasteiger charge is 2.23. The second-order valence-corrected chi connectivity index (χ2v) is 6.74. The van der Waals surface area contributed by atoms with Gasteiger partial charge in [0, 0.05) is 35.5 Å². The Morgan fingerprint density at radius 1 is 1.31 bits per heavy atom. The zero-order chi connectivity index (χ0) is 20.8. The number of non-ortho nitro benzene ring substituents is 1. The van der Waals surface area contributed by atoms with Crippen LogP contribution in [0.2, 0.25) is 0 Å². The number of anilines is 1. The predicted octanol–water partition coefficient (Wildman–Crippen LogP) is 3.69. The molecular weight excluding hydrogens is 396 g/mol. The summed E-state index contributed by atoms with van der Waals surface area (Å²) in [5.41, 5.74) is 1.26. The van der Waals surface area contributed by atoms with Crippen LogP contribution in [0.1, 0.15) is 23.7 Å². The van der Waals surface area contributed by atoms with Gasteiger partial charge in [-0.2, -0.15) is 0 Å². The summed E-state index contributed by atoms with van der Waals surface area (Å²) in [5.74, 6) is -1.15. The molecule has 2 aromatic heterocycles. The highest BCUT2D eigenvalue weighted by atomic mass is 32.1. The van der Waals surface area contributed by atoms with Crippen molar-refractivity contribution in [3.63, 3.8) is 0 Å². The lowest BCUT2D eigenvalue weighted by atomic mass is 10.1. The number of benzene rings is 1. The quantitative estimate of drug-likeness (QED) is 0.356. The summed E-state index contributed by atoms with van der Waals surface area (Å²) in [4.78, 5) is 43.2. The van der Waals surface area contributed by atoms with Crippen LogP contribution in [-0.4, -0.2) is 32.9 Å². The van der Waals surface area contributed by atoms with Crippen LogP contribution in [0.25, 0.3) is 11.3 Å². The van der Waals surface area contributed by atoms with E-state index in [0.717, 1.165) is 0 Å². The maximum Gasteiger partial charge on any atom is 0.340 e. The second kappa shape index (κ2) is 9.02. The zero-order valence-corrected chi connectivity index (χ0v) is 16.1. The Kier molecular flexibility index (Phi) is 6.25. The molecule has 0 aliphatic heterocycles. The molecule has 3 aromatic rings. The van der Waals surface area contributed by atoms with Gasteiger partial charge >= 0.3 is 5.97 Å². The Morgan fingerprint density at radius 3 is 2.83 bits per heavy atom. The molecule has 9 nitrogen and oxygen atoms in total. The van der Waals surface area contributed by atoms with E-state index >= 15 is 0 Å². The third-order valence-electron chi connectivity index (χ3n) is 3.90. The first-order valence-corrected chi connectivity index (χ1v) is 9.48. The van der Waals surface area contributed by atoms with E-state index in [2.05, 4.69) is 15.3 Å². The molecule has 1 amide bonds. The van der Waals surface area contributed by atoms with Crippen LogP contribution in [0.5, 0.6) is 0 Å². The minimum absolute atomic E-state index is 0.0468. The Balaban J connectivity index is 1.68. The molecule has 0 fully saturated rings. The number of nitro groups is 1. The summed E-state index contributed by atoms with van der Waals surface area (Å²) < 4.78 is 5.26. The van der Waals surface area contributed by atoms with Gasteiger partial charge in [0.25, 0.3) is 11.6 Å². The van der Waals surface area contributed by atoms with Crippen molar-refractivity contribution < 1.29 is 19.2 Å². The molecule has 0 bridgehead atoms. The maximum atomic E-state index is 12.5. The lowest BCUT2D eigenvalue weighted by molar-refractivity contribution is -0.384. The smallest absolute Gasteiger partial charge is 0.340 e. The van der Waals surface area contributed by atoms with Crippen LogP contribution in [0, 0.1) is 10.1 Å². The molecule has 1 unspecified atom stereocenters. The first kappa shape index (κ1) is 20.1. The van der Waals surface area contributed by atoms with Crippen LogP contribution < -0.4 is 5.32 Å². The summed E-state index contributed by atoms with van der Waals surface area (Å²) in [7, 11) is 0. The Bertz CT molecular complexity index is 1040. The standard InChI is InChI=1S/C19H16N4O5S/c1-2-16(28-18(25)13-6-4-8-20-10-13)17(24)22-19-21-15(11-29-19)12-5-3-7-14(9-12)23(26)27/h3-11,16H,2H2,1H3,(H,21,22,24). The van der Waals surface area contributed by atoms with E-state index in [1.807, 2.05) is 0 Å². The Hall–Kier alpha value is -3.66. The number of aromatic nitrogens is 2. The number of hydrogen-bond donors (Lipinski definition) is 1. The van der Waals surface area contributed by atoms with Crippen LogP contribution >= 0.6 is 11.3 Å². The third kappa shape index (κ3) is 4.99. The van der Waals surface area contributed by atoms with E-state index in [1.54, 1.807) is 36.6 Å². The van der Waals surface area contributed by atoms with Crippen molar-refractivity contribution in [2.45, 2.75) is 19.4 Å². The minimum atomic E-state index is -0.993. The van der Waals surface area contributed by atoms with Crippen LogP contribution in [0.15, 0.2) is 54.2 Å². The molecule has 148 valence electrons. The van der Waals surface area contributed by atoms with Crippen molar-refractivity contribution in [1.29, 1.82) is 0 Å². The third-order valence-corrected chi connectivity index (χ3v) is 4.65. The van der Waals surface area contributed by atoms with Gasteiger partial charge in [-0.1, -0.05) is 19.1 Å².